The van der Waals surface area contributed by atoms with E-state index >= 15 is 0 Å². The minimum absolute atomic E-state index is 0.0649. The molecule has 0 aliphatic carbocycles. The number of hydrogen-bond acceptors (Lipinski definition) is 6. The standard InChI is InChI=1S/C29H36N2O5/c1-5-6-15-35-23-10-7-9-20(18-23)26-25(28(33)29(34)31(26)14-8-13-30(3)4)27(32)21-11-12-24-22(17-21)16-19(2)36-24/h7,9-12,17-19,26,32H,5-6,8,13-16H2,1-4H3. The van der Waals surface area contributed by atoms with Gasteiger partial charge in [-0.05, 0) is 81.9 Å². The zero-order chi connectivity index (χ0) is 25.8. The third-order valence-corrected chi connectivity index (χ3v) is 6.65. The van der Waals surface area contributed by atoms with Crippen LogP contribution in [0.15, 0.2) is 48.0 Å². The second-order valence-corrected chi connectivity index (χ2v) is 9.88. The van der Waals surface area contributed by atoms with Crippen molar-refractivity contribution < 1.29 is 24.2 Å². The van der Waals surface area contributed by atoms with Gasteiger partial charge in [-0.15, -0.1) is 0 Å². The normalized spacial score (nSPS) is 20.6. The Morgan fingerprint density at radius 3 is 2.72 bits per heavy atom. The fourth-order valence-corrected chi connectivity index (χ4v) is 4.85. The molecule has 7 nitrogen and oxygen atoms in total. The maximum absolute atomic E-state index is 13.3. The van der Waals surface area contributed by atoms with Crippen LogP contribution >= 0.6 is 0 Å². The first-order chi connectivity index (χ1) is 17.3. The third kappa shape index (κ3) is 5.41. The van der Waals surface area contributed by atoms with Gasteiger partial charge in [0.1, 0.15) is 23.4 Å². The highest BCUT2D eigenvalue weighted by Crippen LogP contribution is 2.41. The van der Waals surface area contributed by atoms with Crippen molar-refractivity contribution in [2.24, 2.45) is 0 Å². The number of amides is 1. The number of carbonyl (C=O) groups excluding carboxylic acids is 2. The van der Waals surface area contributed by atoms with E-state index in [1.54, 1.807) is 11.0 Å². The van der Waals surface area contributed by atoms with E-state index in [0.717, 1.165) is 42.7 Å². The SMILES string of the molecule is CCCCOc1cccc(C2C(=C(O)c3ccc4c(c3)CC(C)O4)C(=O)C(=O)N2CCCN(C)C)c1. The number of ether oxygens (including phenoxy) is 2. The molecule has 0 spiro atoms. The molecule has 2 aliphatic rings. The molecule has 1 N–H and O–H groups in total. The molecule has 7 heteroatoms. The van der Waals surface area contributed by atoms with Gasteiger partial charge in [-0.3, -0.25) is 9.59 Å². The summed E-state index contributed by atoms with van der Waals surface area (Å²) in [5, 5.41) is 11.4. The van der Waals surface area contributed by atoms with Gasteiger partial charge in [-0.25, -0.2) is 0 Å². The Kier molecular flexibility index (Phi) is 7.99. The van der Waals surface area contributed by atoms with E-state index in [-0.39, 0.29) is 17.4 Å². The first-order valence-electron chi connectivity index (χ1n) is 12.8. The van der Waals surface area contributed by atoms with E-state index in [9.17, 15) is 14.7 Å². The predicted molar refractivity (Wildman–Crippen MR) is 139 cm³/mol. The molecule has 2 heterocycles. The lowest BCUT2D eigenvalue weighted by Gasteiger charge is -2.26. The van der Waals surface area contributed by atoms with Crippen molar-refractivity contribution in [3.8, 4) is 11.5 Å². The first kappa shape index (κ1) is 25.8. The number of ketones is 1. The molecule has 2 aliphatic heterocycles. The summed E-state index contributed by atoms with van der Waals surface area (Å²) in [4.78, 5) is 30.1. The molecule has 4 rings (SSSR count). The Morgan fingerprint density at radius 1 is 1.17 bits per heavy atom. The van der Waals surface area contributed by atoms with Gasteiger partial charge < -0.3 is 24.4 Å². The van der Waals surface area contributed by atoms with Gasteiger partial charge in [0.15, 0.2) is 0 Å². The molecule has 0 bridgehead atoms. The topological polar surface area (TPSA) is 79.3 Å². The number of hydrogen-bond donors (Lipinski definition) is 1. The van der Waals surface area contributed by atoms with Gasteiger partial charge in [-0.1, -0.05) is 25.5 Å². The predicted octanol–water partition coefficient (Wildman–Crippen LogP) is 4.56. The number of carbonyl (C=O) groups is 2. The number of unbranched alkanes of at least 4 members (excludes halogenated alkanes) is 1. The average Bonchev–Trinajstić information content (AvgIpc) is 3.34. The molecule has 2 unspecified atom stereocenters. The fraction of sp³-hybridized carbons (Fsp3) is 0.448. The van der Waals surface area contributed by atoms with E-state index in [1.807, 2.05) is 62.3 Å². The van der Waals surface area contributed by atoms with Crippen LogP contribution in [0.1, 0.15) is 55.8 Å². The maximum atomic E-state index is 13.3. The zero-order valence-electron chi connectivity index (χ0n) is 21.6. The summed E-state index contributed by atoms with van der Waals surface area (Å²) in [5.74, 6) is 0.0637. The lowest BCUT2D eigenvalue weighted by molar-refractivity contribution is -0.139. The summed E-state index contributed by atoms with van der Waals surface area (Å²) >= 11 is 0. The van der Waals surface area contributed by atoms with Crippen molar-refractivity contribution in [3.63, 3.8) is 0 Å². The minimum Gasteiger partial charge on any atom is -0.507 e. The Labute approximate surface area is 213 Å². The van der Waals surface area contributed by atoms with Crippen LogP contribution in [0.25, 0.3) is 5.76 Å². The van der Waals surface area contributed by atoms with Gasteiger partial charge in [0.2, 0.25) is 0 Å². The molecular weight excluding hydrogens is 456 g/mol. The summed E-state index contributed by atoms with van der Waals surface area (Å²) in [5.41, 5.74) is 2.35. The highest BCUT2D eigenvalue weighted by atomic mass is 16.5. The molecule has 192 valence electrons. The van der Waals surface area contributed by atoms with Gasteiger partial charge in [0, 0.05) is 18.5 Å². The lowest BCUT2D eigenvalue weighted by atomic mass is 9.94. The van der Waals surface area contributed by atoms with Gasteiger partial charge >= 0.3 is 0 Å². The van der Waals surface area contributed by atoms with Crippen molar-refractivity contribution in [3.05, 3.63) is 64.7 Å². The van der Waals surface area contributed by atoms with Crippen molar-refractivity contribution in [2.75, 3.05) is 33.8 Å². The van der Waals surface area contributed by atoms with E-state index < -0.39 is 17.7 Å². The Morgan fingerprint density at radius 2 is 1.97 bits per heavy atom. The van der Waals surface area contributed by atoms with Gasteiger partial charge in [-0.2, -0.15) is 0 Å². The molecule has 0 aromatic heterocycles. The first-order valence-corrected chi connectivity index (χ1v) is 12.8. The average molecular weight is 493 g/mol. The smallest absolute Gasteiger partial charge is 0.295 e. The quantitative estimate of drug-likeness (QED) is 0.227. The van der Waals surface area contributed by atoms with Crippen LogP contribution in [0, 0.1) is 0 Å². The number of benzene rings is 2. The molecule has 2 aromatic rings. The van der Waals surface area contributed by atoms with E-state index in [0.29, 0.717) is 30.9 Å². The molecule has 2 aromatic carbocycles. The van der Waals surface area contributed by atoms with Gasteiger partial charge in [0.25, 0.3) is 11.7 Å². The minimum atomic E-state index is -0.690. The van der Waals surface area contributed by atoms with Crippen LogP contribution < -0.4 is 9.47 Å². The second-order valence-electron chi connectivity index (χ2n) is 9.88. The maximum Gasteiger partial charge on any atom is 0.295 e. The number of aliphatic hydroxyl groups is 1. The largest absolute Gasteiger partial charge is 0.507 e. The van der Waals surface area contributed by atoms with Crippen LogP contribution in [-0.4, -0.2) is 66.5 Å². The summed E-state index contributed by atoms with van der Waals surface area (Å²) in [6.45, 7) is 5.87. The summed E-state index contributed by atoms with van der Waals surface area (Å²) < 4.78 is 11.7. The molecule has 1 fully saturated rings. The lowest BCUT2D eigenvalue weighted by Crippen LogP contribution is -2.32. The Hall–Kier alpha value is -3.32. The molecule has 36 heavy (non-hydrogen) atoms. The molecular formula is C29H36N2O5. The number of fused-ring (bicyclic) bond motifs is 1. The van der Waals surface area contributed by atoms with Crippen LogP contribution in [-0.2, 0) is 16.0 Å². The number of aliphatic hydroxyl groups excluding tert-OH is 1. The van der Waals surface area contributed by atoms with Crippen LogP contribution in [0.5, 0.6) is 11.5 Å². The molecule has 0 saturated carbocycles. The van der Waals surface area contributed by atoms with Crippen molar-refractivity contribution >= 4 is 17.4 Å². The van der Waals surface area contributed by atoms with E-state index in [4.69, 9.17) is 9.47 Å². The van der Waals surface area contributed by atoms with Crippen LogP contribution in [0.3, 0.4) is 0 Å². The molecule has 1 amide bonds. The number of likely N-dealkylation sites (tertiary alicyclic amines) is 1. The fourth-order valence-electron chi connectivity index (χ4n) is 4.85. The summed E-state index contributed by atoms with van der Waals surface area (Å²) in [6, 6.07) is 12.2. The van der Waals surface area contributed by atoms with Crippen molar-refractivity contribution in [1.82, 2.24) is 9.80 Å². The Bertz CT molecular complexity index is 1160. The van der Waals surface area contributed by atoms with Gasteiger partial charge in [0.05, 0.1) is 18.2 Å². The van der Waals surface area contributed by atoms with Crippen LogP contribution in [0.2, 0.25) is 0 Å². The van der Waals surface area contributed by atoms with Crippen molar-refractivity contribution in [1.29, 1.82) is 0 Å². The highest BCUT2D eigenvalue weighted by molar-refractivity contribution is 6.46. The number of Topliss-reactive ketones (excluding diaryl/α,β-unsaturated/α-hetero) is 1. The van der Waals surface area contributed by atoms with E-state index in [1.165, 1.54) is 0 Å². The van der Waals surface area contributed by atoms with Crippen molar-refractivity contribution in [2.45, 2.75) is 51.7 Å². The summed E-state index contributed by atoms with van der Waals surface area (Å²) in [7, 11) is 3.95. The molecule has 0 radical (unpaired) electrons. The summed E-state index contributed by atoms with van der Waals surface area (Å²) in [6.07, 6.45) is 3.47. The second kappa shape index (κ2) is 11.2. The number of nitrogens with zero attached hydrogens (tertiary/aromatic N) is 2. The molecule has 1 saturated heterocycles. The number of rotatable bonds is 10. The van der Waals surface area contributed by atoms with Crippen LogP contribution in [0.4, 0.5) is 0 Å². The third-order valence-electron chi connectivity index (χ3n) is 6.65. The zero-order valence-corrected chi connectivity index (χ0v) is 21.6. The van der Waals surface area contributed by atoms with E-state index in [2.05, 4.69) is 6.92 Å². The monoisotopic (exact) mass is 492 g/mol. The Balaban J connectivity index is 1.75. The highest BCUT2D eigenvalue weighted by Gasteiger charge is 2.46. The molecule has 2 atom stereocenters.